The van der Waals surface area contributed by atoms with Crippen molar-refractivity contribution in [2.75, 3.05) is 33.3 Å². The number of benzene rings is 2. The molecule has 27 heavy (non-hydrogen) atoms. The molecular weight excluding hydrogens is 336 g/mol. The lowest BCUT2D eigenvalue weighted by Gasteiger charge is -2.35. The molecule has 1 fully saturated rings. The summed E-state index contributed by atoms with van der Waals surface area (Å²) < 4.78 is 7.74. The van der Waals surface area contributed by atoms with E-state index in [1.54, 1.807) is 7.11 Å². The maximum atomic E-state index is 5.48. The first-order chi connectivity index (χ1) is 13.3. The van der Waals surface area contributed by atoms with Crippen LogP contribution in [0.25, 0.3) is 0 Å². The summed E-state index contributed by atoms with van der Waals surface area (Å²) >= 11 is 0. The average Bonchev–Trinajstić information content (AvgIpc) is 3.17. The van der Waals surface area contributed by atoms with E-state index in [1.165, 1.54) is 11.1 Å². The summed E-state index contributed by atoms with van der Waals surface area (Å²) in [4.78, 5) is 7.29. The van der Waals surface area contributed by atoms with Crippen LogP contribution in [0.1, 0.15) is 23.0 Å². The zero-order chi connectivity index (χ0) is 18.5. The Bertz CT molecular complexity index is 856. The van der Waals surface area contributed by atoms with Crippen molar-refractivity contribution in [2.24, 2.45) is 0 Å². The summed E-state index contributed by atoms with van der Waals surface area (Å²) in [5, 5.41) is 3.45. The van der Waals surface area contributed by atoms with E-state index >= 15 is 0 Å². The molecule has 0 saturated carbocycles. The van der Waals surface area contributed by atoms with Crippen LogP contribution in [0.2, 0.25) is 0 Å². The molecule has 0 bridgehead atoms. The molecule has 1 aliphatic heterocycles. The second-order valence-corrected chi connectivity index (χ2v) is 6.86. The minimum Gasteiger partial charge on any atom is -0.497 e. The van der Waals surface area contributed by atoms with Gasteiger partial charge >= 0.3 is 0 Å². The third-order valence-electron chi connectivity index (χ3n) is 5.11. The normalized spacial score (nSPS) is 16.2. The molecule has 3 aromatic rings. The van der Waals surface area contributed by atoms with E-state index in [0.29, 0.717) is 0 Å². The van der Waals surface area contributed by atoms with Gasteiger partial charge < -0.3 is 14.6 Å². The van der Waals surface area contributed by atoms with E-state index in [1.807, 2.05) is 12.3 Å². The minimum absolute atomic E-state index is 0.112. The van der Waals surface area contributed by atoms with Crippen LogP contribution < -0.4 is 10.1 Å². The van der Waals surface area contributed by atoms with Crippen molar-refractivity contribution in [3.8, 4) is 5.75 Å². The standard InChI is InChI=1S/C22H26N4O/c1-27-20-9-5-8-19(16-20)21(25-13-10-23-11-14-25)22-24-12-15-26(22)17-18-6-3-2-4-7-18/h2-9,12,15-16,21,23H,10-11,13-14,17H2,1H3. The largest absolute Gasteiger partial charge is 0.497 e. The Morgan fingerprint density at radius 3 is 2.67 bits per heavy atom. The molecule has 1 atom stereocenters. The van der Waals surface area contributed by atoms with E-state index in [2.05, 4.69) is 69.5 Å². The number of ether oxygens (including phenoxy) is 1. The van der Waals surface area contributed by atoms with Gasteiger partial charge in [0.2, 0.25) is 0 Å². The number of aromatic nitrogens is 2. The van der Waals surface area contributed by atoms with Crippen LogP contribution >= 0.6 is 0 Å². The number of piperazine rings is 1. The van der Waals surface area contributed by atoms with Crippen LogP contribution in [0.4, 0.5) is 0 Å². The molecule has 2 aromatic carbocycles. The highest BCUT2D eigenvalue weighted by atomic mass is 16.5. The molecule has 1 aliphatic rings. The van der Waals surface area contributed by atoms with E-state index in [-0.39, 0.29) is 6.04 Å². The SMILES string of the molecule is COc1cccc(C(c2nccn2Cc2ccccc2)N2CCNCC2)c1. The van der Waals surface area contributed by atoms with Crippen molar-refractivity contribution in [3.05, 3.63) is 83.9 Å². The second-order valence-electron chi connectivity index (χ2n) is 6.86. The van der Waals surface area contributed by atoms with Crippen molar-refractivity contribution in [1.29, 1.82) is 0 Å². The van der Waals surface area contributed by atoms with E-state index in [9.17, 15) is 0 Å². The van der Waals surface area contributed by atoms with Crippen LogP contribution in [0.15, 0.2) is 67.0 Å². The Hall–Kier alpha value is -2.63. The predicted molar refractivity (Wildman–Crippen MR) is 107 cm³/mol. The van der Waals surface area contributed by atoms with Gasteiger partial charge in [-0.25, -0.2) is 4.98 Å². The first kappa shape index (κ1) is 17.8. The number of nitrogens with zero attached hydrogens (tertiary/aromatic N) is 3. The zero-order valence-corrected chi connectivity index (χ0v) is 15.7. The van der Waals surface area contributed by atoms with Gasteiger partial charge in [-0.1, -0.05) is 42.5 Å². The van der Waals surface area contributed by atoms with Gasteiger partial charge in [0.1, 0.15) is 11.6 Å². The quantitative estimate of drug-likeness (QED) is 0.732. The zero-order valence-electron chi connectivity index (χ0n) is 15.7. The van der Waals surface area contributed by atoms with Crippen LogP contribution in [-0.4, -0.2) is 47.7 Å². The molecule has 5 nitrogen and oxygen atoms in total. The van der Waals surface area contributed by atoms with Crippen LogP contribution in [0.3, 0.4) is 0 Å². The molecule has 4 rings (SSSR count). The lowest BCUT2D eigenvalue weighted by molar-refractivity contribution is 0.189. The number of hydrogen-bond acceptors (Lipinski definition) is 4. The minimum atomic E-state index is 0.112. The second kappa shape index (κ2) is 8.37. The molecule has 0 aliphatic carbocycles. The summed E-state index contributed by atoms with van der Waals surface area (Å²) in [7, 11) is 1.72. The highest BCUT2D eigenvalue weighted by Gasteiger charge is 2.27. The van der Waals surface area contributed by atoms with Gasteiger partial charge in [-0.2, -0.15) is 0 Å². The number of imidazole rings is 1. The highest BCUT2D eigenvalue weighted by Crippen LogP contribution is 2.30. The molecule has 0 radical (unpaired) electrons. The van der Waals surface area contributed by atoms with Crippen LogP contribution in [0.5, 0.6) is 5.75 Å². The van der Waals surface area contributed by atoms with E-state index < -0.39 is 0 Å². The van der Waals surface area contributed by atoms with Crippen LogP contribution in [0, 0.1) is 0 Å². The molecular formula is C22H26N4O. The Kier molecular flexibility index (Phi) is 5.51. The van der Waals surface area contributed by atoms with Crippen molar-refractivity contribution in [3.63, 3.8) is 0 Å². The van der Waals surface area contributed by atoms with Crippen molar-refractivity contribution in [2.45, 2.75) is 12.6 Å². The van der Waals surface area contributed by atoms with Gasteiger partial charge in [-0.3, -0.25) is 4.90 Å². The summed E-state index contributed by atoms with van der Waals surface area (Å²) in [5.74, 6) is 1.96. The lowest BCUT2D eigenvalue weighted by atomic mass is 10.0. The summed E-state index contributed by atoms with van der Waals surface area (Å²) in [6, 6.07) is 19.0. The molecule has 1 N–H and O–H groups in total. The van der Waals surface area contributed by atoms with Gasteiger partial charge in [0.15, 0.2) is 0 Å². The number of nitrogens with one attached hydrogen (secondary N) is 1. The molecule has 140 valence electrons. The van der Waals surface area contributed by atoms with Crippen molar-refractivity contribution >= 4 is 0 Å². The van der Waals surface area contributed by atoms with Crippen molar-refractivity contribution in [1.82, 2.24) is 19.8 Å². The monoisotopic (exact) mass is 362 g/mol. The molecule has 2 heterocycles. The third-order valence-corrected chi connectivity index (χ3v) is 5.11. The number of methoxy groups -OCH3 is 1. The Labute approximate surface area is 160 Å². The van der Waals surface area contributed by atoms with E-state index in [4.69, 9.17) is 9.72 Å². The molecule has 1 aromatic heterocycles. The Balaban J connectivity index is 1.71. The summed E-state index contributed by atoms with van der Waals surface area (Å²) in [6.45, 7) is 4.82. The van der Waals surface area contributed by atoms with Gasteiger partial charge in [-0.15, -0.1) is 0 Å². The first-order valence-electron chi connectivity index (χ1n) is 9.49. The molecule has 1 saturated heterocycles. The molecule has 1 unspecified atom stereocenters. The number of hydrogen-bond donors (Lipinski definition) is 1. The average molecular weight is 362 g/mol. The predicted octanol–water partition coefficient (Wildman–Crippen LogP) is 2.93. The lowest BCUT2D eigenvalue weighted by Crippen LogP contribution is -2.46. The number of rotatable bonds is 6. The highest BCUT2D eigenvalue weighted by molar-refractivity contribution is 5.34. The fourth-order valence-electron chi connectivity index (χ4n) is 3.76. The van der Waals surface area contributed by atoms with Gasteiger partial charge in [0.25, 0.3) is 0 Å². The van der Waals surface area contributed by atoms with E-state index in [0.717, 1.165) is 44.3 Å². The summed E-state index contributed by atoms with van der Waals surface area (Å²) in [5.41, 5.74) is 2.50. The Morgan fingerprint density at radius 2 is 1.89 bits per heavy atom. The van der Waals surface area contributed by atoms with Gasteiger partial charge in [0.05, 0.1) is 13.2 Å². The smallest absolute Gasteiger partial charge is 0.130 e. The fourth-order valence-corrected chi connectivity index (χ4v) is 3.76. The Morgan fingerprint density at radius 1 is 1.07 bits per heavy atom. The summed E-state index contributed by atoms with van der Waals surface area (Å²) in [6.07, 6.45) is 3.99. The topological polar surface area (TPSA) is 42.3 Å². The fraction of sp³-hybridized carbons (Fsp3) is 0.318. The van der Waals surface area contributed by atoms with Gasteiger partial charge in [0, 0.05) is 45.1 Å². The van der Waals surface area contributed by atoms with Crippen molar-refractivity contribution < 1.29 is 4.74 Å². The molecule has 5 heteroatoms. The van der Waals surface area contributed by atoms with Crippen LogP contribution in [-0.2, 0) is 6.54 Å². The maximum absolute atomic E-state index is 5.48. The molecule has 0 amide bonds. The maximum Gasteiger partial charge on any atom is 0.130 e. The molecule has 0 spiro atoms. The van der Waals surface area contributed by atoms with Gasteiger partial charge in [-0.05, 0) is 23.3 Å². The third kappa shape index (κ3) is 4.04. The first-order valence-corrected chi connectivity index (χ1v) is 9.49.